The predicted octanol–water partition coefficient (Wildman–Crippen LogP) is -1.29. The first-order chi connectivity index (χ1) is 6.26. The van der Waals surface area contributed by atoms with Gasteiger partial charge in [-0.2, -0.15) is 0 Å². The van der Waals surface area contributed by atoms with Crippen molar-refractivity contribution in [3.05, 3.63) is 0 Å². The molecular weight excluding hydrogens is 210 g/mol. The van der Waals surface area contributed by atoms with Crippen LogP contribution in [0.2, 0.25) is 0 Å². The van der Waals surface area contributed by atoms with Crippen molar-refractivity contribution in [2.45, 2.75) is 13.0 Å². The molecule has 0 fully saturated rings. The summed E-state index contributed by atoms with van der Waals surface area (Å²) in [6.45, 7) is 1.19. The number of carbonyl (C=O) groups is 2. The van der Waals surface area contributed by atoms with E-state index < -0.39 is 33.5 Å². The summed E-state index contributed by atoms with van der Waals surface area (Å²) in [5, 5.41) is 2.19. The number of methoxy groups -OCH3 is 1. The lowest BCUT2D eigenvalue weighted by Gasteiger charge is -2.13. The number of esters is 1. The molecule has 0 aliphatic heterocycles. The van der Waals surface area contributed by atoms with Crippen LogP contribution < -0.4 is 5.32 Å². The molecule has 1 unspecified atom stereocenters. The number of carbonyl (C=O) groups excluding carboxylic acids is 2. The molecule has 0 saturated carbocycles. The smallest absolute Gasteiger partial charge is 0.329 e. The van der Waals surface area contributed by atoms with Crippen LogP contribution >= 0.6 is 0 Å². The average Bonchev–Trinajstić information content (AvgIpc) is 1.98. The van der Waals surface area contributed by atoms with Crippen molar-refractivity contribution in [3.63, 3.8) is 0 Å². The first kappa shape index (κ1) is 12.9. The molecule has 0 aliphatic rings. The molecule has 0 aromatic heterocycles. The van der Waals surface area contributed by atoms with Gasteiger partial charge in [0.1, 0.15) is 15.9 Å². The Morgan fingerprint density at radius 2 is 1.93 bits per heavy atom. The number of hydrogen-bond acceptors (Lipinski definition) is 5. The summed E-state index contributed by atoms with van der Waals surface area (Å²) in [5.74, 6) is -1.71. The van der Waals surface area contributed by atoms with Crippen molar-refractivity contribution < 1.29 is 22.7 Å². The van der Waals surface area contributed by atoms with E-state index in [1.165, 1.54) is 6.92 Å². The van der Waals surface area contributed by atoms with E-state index in [1.807, 2.05) is 0 Å². The third-order valence-electron chi connectivity index (χ3n) is 1.33. The molecule has 0 heterocycles. The predicted molar refractivity (Wildman–Crippen MR) is 49.3 cm³/mol. The van der Waals surface area contributed by atoms with E-state index >= 15 is 0 Å². The van der Waals surface area contributed by atoms with Crippen molar-refractivity contribution in [1.29, 1.82) is 0 Å². The Labute approximate surface area is 82.5 Å². The van der Waals surface area contributed by atoms with Crippen molar-refractivity contribution in [3.8, 4) is 0 Å². The molecule has 14 heavy (non-hydrogen) atoms. The Bertz CT molecular complexity index is 321. The minimum atomic E-state index is -3.34. The highest BCUT2D eigenvalue weighted by molar-refractivity contribution is 7.90. The van der Waals surface area contributed by atoms with E-state index in [9.17, 15) is 18.0 Å². The molecular formula is C7H13NO5S. The highest BCUT2D eigenvalue weighted by Crippen LogP contribution is 1.94. The quantitative estimate of drug-likeness (QED) is 0.599. The van der Waals surface area contributed by atoms with Crippen LogP contribution in [0.1, 0.15) is 6.92 Å². The molecule has 0 radical (unpaired) electrons. The van der Waals surface area contributed by atoms with Crippen LogP contribution in [0.5, 0.6) is 0 Å². The van der Waals surface area contributed by atoms with Crippen LogP contribution in [0.25, 0.3) is 0 Å². The second kappa shape index (κ2) is 4.94. The fourth-order valence-corrected chi connectivity index (χ4v) is 1.68. The van der Waals surface area contributed by atoms with Gasteiger partial charge in [0, 0.05) is 13.2 Å². The molecule has 0 aliphatic carbocycles. The monoisotopic (exact) mass is 223 g/mol. The number of amides is 1. The molecule has 0 spiro atoms. The highest BCUT2D eigenvalue weighted by Gasteiger charge is 2.24. The van der Waals surface area contributed by atoms with Crippen LogP contribution in [0, 0.1) is 0 Å². The number of nitrogens with one attached hydrogen (secondary N) is 1. The summed E-state index contributed by atoms with van der Waals surface area (Å²) in [6.07, 6.45) is 0.977. The second-order valence-electron chi connectivity index (χ2n) is 2.87. The van der Waals surface area contributed by atoms with Crippen molar-refractivity contribution in [2.24, 2.45) is 0 Å². The van der Waals surface area contributed by atoms with E-state index in [4.69, 9.17) is 0 Å². The SMILES string of the molecule is COC(=O)C(CS(C)(=O)=O)NC(C)=O. The zero-order chi connectivity index (χ0) is 11.4. The van der Waals surface area contributed by atoms with Crippen molar-refractivity contribution >= 4 is 21.7 Å². The first-order valence-corrected chi connectivity index (χ1v) is 5.85. The van der Waals surface area contributed by atoms with Crippen molar-refractivity contribution in [1.82, 2.24) is 5.32 Å². The largest absolute Gasteiger partial charge is 0.467 e. The average molecular weight is 223 g/mol. The van der Waals surface area contributed by atoms with E-state index in [1.54, 1.807) is 0 Å². The van der Waals surface area contributed by atoms with Gasteiger partial charge in [0.25, 0.3) is 0 Å². The first-order valence-electron chi connectivity index (χ1n) is 3.79. The zero-order valence-corrected chi connectivity index (χ0v) is 9.05. The van der Waals surface area contributed by atoms with E-state index in [0.717, 1.165) is 13.4 Å². The van der Waals surface area contributed by atoms with Gasteiger partial charge < -0.3 is 10.1 Å². The summed E-state index contributed by atoms with van der Waals surface area (Å²) in [6, 6.07) is -1.13. The molecule has 0 saturated heterocycles. The molecule has 1 atom stereocenters. The molecule has 0 rings (SSSR count). The number of sulfone groups is 1. The van der Waals surface area contributed by atoms with Gasteiger partial charge in [-0.1, -0.05) is 0 Å². The van der Waals surface area contributed by atoms with Crippen molar-refractivity contribution in [2.75, 3.05) is 19.1 Å². The summed E-state index contributed by atoms with van der Waals surface area (Å²) >= 11 is 0. The molecule has 7 heteroatoms. The van der Waals surface area contributed by atoms with Gasteiger partial charge in [0.2, 0.25) is 5.91 Å². The second-order valence-corrected chi connectivity index (χ2v) is 5.05. The Kier molecular flexibility index (Phi) is 4.55. The minimum Gasteiger partial charge on any atom is -0.467 e. The summed E-state index contributed by atoms with van der Waals surface area (Å²) in [7, 11) is -2.22. The van der Waals surface area contributed by atoms with Gasteiger partial charge in [-0.15, -0.1) is 0 Å². The van der Waals surface area contributed by atoms with E-state index in [0.29, 0.717) is 0 Å². The minimum absolute atomic E-state index is 0.459. The standard InChI is InChI=1S/C7H13NO5S/c1-5(9)8-6(7(10)13-2)4-14(3,11)12/h6H,4H2,1-3H3,(H,8,9). The lowest BCUT2D eigenvalue weighted by molar-refractivity contribution is -0.144. The van der Waals surface area contributed by atoms with Gasteiger partial charge in [-0.3, -0.25) is 4.79 Å². The molecule has 1 N–H and O–H groups in total. The number of rotatable bonds is 4. The molecule has 0 aromatic rings. The Hall–Kier alpha value is -1.11. The third-order valence-corrected chi connectivity index (χ3v) is 2.27. The normalized spacial score (nSPS) is 13.1. The van der Waals surface area contributed by atoms with Gasteiger partial charge >= 0.3 is 5.97 Å². The molecule has 0 aromatic carbocycles. The van der Waals surface area contributed by atoms with Crippen LogP contribution in [-0.4, -0.2) is 45.5 Å². The lowest BCUT2D eigenvalue weighted by atomic mass is 10.3. The van der Waals surface area contributed by atoms with E-state index in [-0.39, 0.29) is 0 Å². The van der Waals surface area contributed by atoms with Gasteiger partial charge in [-0.05, 0) is 0 Å². The Balaban J connectivity index is 4.56. The van der Waals surface area contributed by atoms with Gasteiger partial charge in [0.15, 0.2) is 0 Å². The maximum absolute atomic E-state index is 11.0. The molecule has 0 bridgehead atoms. The molecule has 6 nitrogen and oxygen atoms in total. The Morgan fingerprint density at radius 1 is 1.43 bits per heavy atom. The number of ether oxygens (including phenoxy) is 1. The molecule has 1 amide bonds. The molecule has 82 valence electrons. The maximum Gasteiger partial charge on any atom is 0.329 e. The summed E-state index contributed by atoms with van der Waals surface area (Å²) in [4.78, 5) is 21.7. The topological polar surface area (TPSA) is 89.5 Å². The summed E-state index contributed by atoms with van der Waals surface area (Å²) < 4.78 is 26.1. The van der Waals surface area contributed by atoms with Crippen LogP contribution in [0.4, 0.5) is 0 Å². The lowest BCUT2D eigenvalue weighted by Crippen LogP contribution is -2.44. The zero-order valence-electron chi connectivity index (χ0n) is 8.23. The highest BCUT2D eigenvalue weighted by atomic mass is 32.2. The third kappa shape index (κ3) is 5.52. The maximum atomic E-state index is 11.0. The fraction of sp³-hybridized carbons (Fsp3) is 0.714. The van der Waals surface area contributed by atoms with E-state index in [2.05, 4.69) is 10.1 Å². The van der Waals surface area contributed by atoms with Crippen LogP contribution in [-0.2, 0) is 24.2 Å². The van der Waals surface area contributed by atoms with Gasteiger partial charge in [-0.25, -0.2) is 13.2 Å². The summed E-state index contributed by atoms with van der Waals surface area (Å²) in [5.41, 5.74) is 0. The van der Waals surface area contributed by atoms with Gasteiger partial charge in [0.05, 0.1) is 12.9 Å². The van der Waals surface area contributed by atoms with Crippen LogP contribution in [0.15, 0.2) is 0 Å². The number of hydrogen-bond donors (Lipinski definition) is 1. The Morgan fingerprint density at radius 3 is 2.21 bits per heavy atom. The fourth-order valence-electron chi connectivity index (χ4n) is 0.859. The van der Waals surface area contributed by atoms with Crippen LogP contribution in [0.3, 0.4) is 0 Å².